The lowest BCUT2D eigenvalue weighted by molar-refractivity contribution is -0.384. The number of rotatable bonds is 3. The zero-order valence-corrected chi connectivity index (χ0v) is 19.7. The van der Waals surface area contributed by atoms with Crippen LogP contribution in [-0.4, -0.2) is 59.3 Å². The van der Waals surface area contributed by atoms with Crippen LogP contribution in [0.1, 0.15) is 39.0 Å². The second kappa shape index (κ2) is 8.78. The van der Waals surface area contributed by atoms with Crippen LogP contribution in [-0.2, 0) is 11.2 Å². The fourth-order valence-corrected chi connectivity index (χ4v) is 5.91. The van der Waals surface area contributed by atoms with E-state index in [4.69, 9.17) is 0 Å². The Morgan fingerprint density at radius 1 is 0.833 bits per heavy atom. The molecule has 36 heavy (non-hydrogen) atoms. The number of anilines is 1. The van der Waals surface area contributed by atoms with Crippen LogP contribution in [0.4, 0.5) is 11.4 Å². The number of carbonyl (C=O) groups excluding carboxylic acids is 2. The van der Waals surface area contributed by atoms with Crippen molar-refractivity contribution < 1.29 is 14.5 Å². The molecule has 182 valence electrons. The van der Waals surface area contributed by atoms with Crippen molar-refractivity contribution in [1.82, 2.24) is 9.80 Å². The normalized spacial score (nSPS) is 20.9. The minimum absolute atomic E-state index is 0.00264. The third-order valence-electron chi connectivity index (χ3n) is 7.72. The second-order valence-corrected chi connectivity index (χ2v) is 9.54. The van der Waals surface area contributed by atoms with Gasteiger partial charge in [0.2, 0.25) is 5.91 Å². The number of nitrogens with zero attached hydrogens (tertiary/aromatic N) is 4. The van der Waals surface area contributed by atoms with Crippen LogP contribution in [0.3, 0.4) is 0 Å². The maximum absolute atomic E-state index is 14.1. The molecule has 2 unspecified atom stereocenters. The number of amides is 2. The lowest BCUT2D eigenvalue weighted by Crippen LogP contribution is -2.54. The van der Waals surface area contributed by atoms with Gasteiger partial charge in [-0.15, -0.1) is 0 Å². The predicted octanol–water partition coefficient (Wildman–Crippen LogP) is 3.78. The molecule has 0 spiro atoms. The SMILES string of the molecule is O=C(C1c2ccccc2C(=O)N2CCc3ccccc3C12)N1CCN(c2ccc([N+](=O)[O-])cc2)CC1. The van der Waals surface area contributed by atoms with E-state index in [1.54, 1.807) is 12.1 Å². The van der Waals surface area contributed by atoms with E-state index < -0.39 is 10.8 Å². The number of benzene rings is 3. The summed E-state index contributed by atoms with van der Waals surface area (Å²) in [6.07, 6.45) is 0.787. The van der Waals surface area contributed by atoms with Crippen LogP contribution >= 0.6 is 0 Å². The summed E-state index contributed by atoms with van der Waals surface area (Å²) in [6.45, 7) is 2.99. The molecule has 0 saturated carbocycles. The average Bonchev–Trinajstić information content (AvgIpc) is 2.93. The van der Waals surface area contributed by atoms with E-state index in [1.807, 2.05) is 46.2 Å². The van der Waals surface area contributed by atoms with Crippen molar-refractivity contribution >= 4 is 23.2 Å². The minimum atomic E-state index is -0.453. The molecule has 0 bridgehead atoms. The summed E-state index contributed by atoms with van der Waals surface area (Å²) >= 11 is 0. The number of nitro groups is 1. The Balaban J connectivity index is 1.29. The Hall–Kier alpha value is -4.20. The van der Waals surface area contributed by atoms with Crippen molar-refractivity contribution in [2.24, 2.45) is 0 Å². The van der Waals surface area contributed by atoms with Gasteiger partial charge in [0.05, 0.1) is 16.9 Å². The number of non-ortho nitro benzene ring substituents is 1. The zero-order valence-electron chi connectivity index (χ0n) is 19.7. The summed E-state index contributed by atoms with van der Waals surface area (Å²) in [6, 6.07) is 21.9. The quantitative estimate of drug-likeness (QED) is 0.419. The highest BCUT2D eigenvalue weighted by Gasteiger charge is 2.47. The van der Waals surface area contributed by atoms with E-state index in [9.17, 15) is 19.7 Å². The van der Waals surface area contributed by atoms with Crippen molar-refractivity contribution in [3.63, 3.8) is 0 Å². The molecule has 0 aromatic heterocycles. The van der Waals surface area contributed by atoms with Gasteiger partial charge in [0.1, 0.15) is 0 Å². The fourth-order valence-electron chi connectivity index (χ4n) is 5.91. The summed E-state index contributed by atoms with van der Waals surface area (Å²) in [7, 11) is 0. The monoisotopic (exact) mass is 482 g/mol. The summed E-state index contributed by atoms with van der Waals surface area (Å²) < 4.78 is 0. The van der Waals surface area contributed by atoms with Gasteiger partial charge < -0.3 is 14.7 Å². The molecule has 3 aliphatic heterocycles. The Kier molecular flexibility index (Phi) is 5.44. The number of piperazine rings is 1. The lowest BCUT2D eigenvalue weighted by Gasteiger charge is -2.47. The molecule has 6 rings (SSSR count). The highest BCUT2D eigenvalue weighted by molar-refractivity contribution is 6.01. The highest BCUT2D eigenvalue weighted by Crippen LogP contribution is 2.46. The van der Waals surface area contributed by atoms with Crippen LogP contribution in [0, 0.1) is 10.1 Å². The first-order chi connectivity index (χ1) is 17.5. The molecule has 3 aromatic rings. The van der Waals surface area contributed by atoms with Crippen LogP contribution < -0.4 is 4.90 Å². The van der Waals surface area contributed by atoms with Gasteiger partial charge in [-0.05, 0) is 41.3 Å². The van der Waals surface area contributed by atoms with Crippen molar-refractivity contribution in [3.8, 4) is 0 Å². The molecule has 8 heteroatoms. The van der Waals surface area contributed by atoms with Gasteiger partial charge in [-0.1, -0.05) is 42.5 Å². The van der Waals surface area contributed by atoms with Crippen LogP contribution in [0.5, 0.6) is 0 Å². The first kappa shape index (κ1) is 22.3. The largest absolute Gasteiger partial charge is 0.368 e. The second-order valence-electron chi connectivity index (χ2n) is 9.54. The molecule has 0 N–H and O–H groups in total. The van der Waals surface area contributed by atoms with Gasteiger partial charge in [-0.3, -0.25) is 19.7 Å². The molecule has 3 aliphatic rings. The molecular formula is C28H26N4O4. The molecule has 8 nitrogen and oxygen atoms in total. The summed E-state index contributed by atoms with van der Waals surface area (Å²) in [5.41, 5.74) is 4.67. The van der Waals surface area contributed by atoms with Crippen LogP contribution in [0.2, 0.25) is 0 Å². The number of carbonyl (C=O) groups is 2. The lowest BCUT2D eigenvalue weighted by atomic mass is 9.75. The standard InChI is InChI=1S/C28H26N4O4/c33-27-24-8-4-3-7-23(24)25(26-22-6-2-1-5-19(22)13-14-31(26)27)28(34)30-17-15-29(16-18-30)20-9-11-21(12-10-20)32(35)36/h1-12,25-26H,13-18H2. The molecule has 1 fully saturated rings. The summed E-state index contributed by atoms with van der Waals surface area (Å²) in [4.78, 5) is 44.1. The first-order valence-electron chi connectivity index (χ1n) is 12.3. The fraction of sp³-hybridized carbons (Fsp3) is 0.286. The smallest absolute Gasteiger partial charge is 0.269 e. The third kappa shape index (κ3) is 3.61. The topological polar surface area (TPSA) is 87.0 Å². The van der Waals surface area contributed by atoms with E-state index in [1.165, 1.54) is 17.7 Å². The van der Waals surface area contributed by atoms with Crippen LogP contribution in [0.25, 0.3) is 0 Å². The number of hydrogen-bond acceptors (Lipinski definition) is 5. The van der Waals surface area contributed by atoms with Gasteiger partial charge in [0.15, 0.2) is 0 Å². The van der Waals surface area contributed by atoms with Gasteiger partial charge in [0.25, 0.3) is 11.6 Å². The van der Waals surface area contributed by atoms with Crippen molar-refractivity contribution in [3.05, 3.63) is 105 Å². The molecule has 2 amide bonds. The van der Waals surface area contributed by atoms with E-state index in [0.717, 1.165) is 23.2 Å². The van der Waals surface area contributed by atoms with Gasteiger partial charge in [0, 0.05) is 56.1 Å². The van der Waals surface area contributed by atoms with E-state index in [0.29, 0.717) is 38.3 Å². The molecular weight excluding hydrogens is 456 g/mol. The minimum Gasteiger partial charge on any atom is -0.368 e. The maximum atomic E-state index is 14.1. The number of nitro benzene ring substituents is 1. The summed E-state index contributed by atoms with van der Waals surface area (Å²) in [5, 5.41) is 11.0. The molecule has 1 saturated heterocycles. The third-order valence-corrected chi connectivity index (χ3v) is 7.72. The molecule has 3 aromatic carbocycles. The highest BCUT2D eigenvalue weighted by atomic mass is 16.6. The van der Waals surface area contributed by atoms with Crippen molar-refractivity contribution in [1.29, 1.82) is 0 Å². The van der Waals surface area contributed by atoms with Gasteiger partial charge in [-0.25, -0.2) is 0 Å². The maximum Gasteiger partial charge on any atom is 0.269 e. The molecule has 0 aliphatic carbocycles. The van der Waals surface area contributed by atoms with Gasteiger partial charge >= 0.3 is 0 Å². The zero-order chi connectivity index (χ0) is 24.8. The number of fused-ring (bicyclic) bond motifs is 4. The number of hydrogen-bond donors (Lipinski definition) is 0. The first-order valence-corrected chi connectivity index (χ1v) is 12.3. The summed E-state index contributed by atoms with van der Waals surface area (Å²) in [5.74, 6) is -0.409. The predicted molar refractivity (Wildman–Crippen MR) is 135 cm³/mol. The van der Waals surface area contributed by atoms with Gasteiger partial charge in [-0.2, -0.15) is 0 Å². The Labute approximate surface area is 208 Å². The van der Waals surface area contributed by atoms with E-state index in [-0.39, 0.29) is 23.5 Å². The Morgan fingerprint density at radius 3 is 2.22 bits per heavy atom. The van der Waals surface area contributed by atoms with Crippen LogP contribution in [0.15, 0.2) is 72.8 Å². The molecule has 2 atom stereocenters. The average molecular weight is 483 g/mol. The van der Waals surface area contributed by atoms with Crippen molar-refractivity contribution in [2.45, 2.75) is 18.4 Å². The van der Waals surface area contributed by atoms with E-state index >= 15 is 0 Å². The Bertz CT molecular complexity index is 1350. The Morgan fingerprint density at radius 2 is 1.50 bits per heavy atom. The molecule has 3 heterocycles. The van der Waals surface area contributed by atoms with Crippen molar-refractivity contribution in [2.75, 3.05) is 37.6 Å². The molecule has 0 radical (unpaired) electrons. The van der Waals surface area contributed by atoms with E-state index in [2.05, 4.69) is 17.0 Å².